The van der Waals surface area contributed by atoms with E-state index in [1.807, 2.05) is 84.9 Å². The summed E-state index contributed by atoms with van der Waals surface area (Å²) >= 11 is 0. The molecule has 1 unspecified atom stereocenters. The smallest absolute Gasteiger partial charge is 0.467 e. The van der Waals surface area contributed by atoms with E-state index in [1.54, 1.807) is 16.8 Å². The van der Waals surface area contributed by atoms with E-state index < -0.39 is 30.3 Å². The number of hydrogen-bond acceptors (Lipinski definition) is 12. The van der Waals surface area contributed by atoms with Gasteiger partial charge in [0.25, 0.3) is 5.56 Å². The van der Waals surface area contributed by atoms with Gasteiger partial charge in [-0.15, -0.1) is 0 Å². The quantitative estimate of drug-likeness (QED) is 0.115. The number of amides is 1. The summed E-state index contributed by atoms with van der Waals surface area (Å²) in [5, 5.41) is 29.6. The second kappa shape index (κ2) is 15.6. The van der Waals surface area contributed by atoms with Crippen LogP contribution >= 0.6 is 0 Å². The van der Waals surface area contributed by atoms with Crippen LogP contribution in [-0.4, -0.2) is 80.6 Å². The van der Waals surface area contributed by atoms with Crippen LogP contribution in [0.3, 0.4) is 0 Å². The highest BCUT2D eigenvalue weighted by Crippen LogP contribution is 2.39. The average molecular weight is 753 g/mol. The molecule has 5 N–H and O–H groups in total. The van der Waals surface area contributed by atoms with E-state index in [4.69, 9.17) is 24.9 Å². The molecule has 0 saturated heterocycles. The number of esters is 1. The summed E-state index contributed by atoms with van der Waals surface area (Å²) in [5.41, 5.74) is 11.3. The first kappa shape index (κ1) is 39.6. The number of carbonyl (C=O) groups excluding carboxylic acids is 2. The van der Waals surface area contributed by atoms with Gasteiger partial charge in [0.2, 0.25) is 5.91 Å². The highest BCUT2D eigenvalue weighted by molar-refractivity contribution is 6.65. The number of aliphatic hydroxyl groups is 1. The molecule has 0 saturated carbocycles. The first-order valence-corrected chi connectivity index (χ1v) is 18.6. The molecule has 0 radical (unpaired) electrons. The fourth-order valence-corrected chi connectivity index (χ4v) is 6.84. The van der Waals surface area contributed by atoms with E-state index in [9.17, 15) is 24.5 Å². The lowest BCUT2D eigenvalue weighted by Gasteiger charge is -2.31. The van der Waals surface area contributed by atoms with Crippen molar-refractivity contribution in [1.29, 1.82) is 0 Å². The Morgan fingerprint density at radius 3 is 2.60 bits per heavy atom. The number of ether oxygens (including phenoxy) is 3. The van der Waals surface area contributed by atoms with Crippen LogP contribution in [0, 0.1) is 0 Å². The van der Waals surface area contributed by atoms with Crippen LogP contribution < -0.4 is 26.8 Å². The van der Waals surface area contributed by atoms with Gasteiger partial charge in [0.1, 0.15) is 25.5 Å². The van der Waals surface area contributed by atoms with Crippen molar-refractivity contribution in [3.63, 3.8) is 0 Å². The number of aliphatic hydroxyl groups excluding tert-OH is 1. The predicted octanol–water partition coefficient (Wildman–Crippen LogP) is 2.67. The number of nitrogens with zero attached hydrogens (tertiary/aromatic N) is 4. The van der Waals surface area contributed by atoms with E-state index in [1.165, 1.54) is 4.92 Å². The van der Waals surface area contributed by atoms with Crippen LogP contribution in [0.1, 0.15) is 88.0 Å². The van der Waals surface area contributed by atoms with E-state index in [2.05, 4.69) is 10.4 Å². The molecule has 0 fully saturated rings. The van der Waals surface area contributed by atoms with Gasteiger partial charge in [0.15, 0.2) is 6.10 Å². The topological polar surface area (TPSA) is 191 Å². The second-order valence-corrected chi connectivity index (χ2v) is 15.1. The van der Waals surface area contributed by atoms with Gasteiger partial charge in [-0.2, -0.15) is 5.10 Å². The highest BCUT2D eigenvalue weighted by atomic mass is 16.5. The standard InChI is InChI=1S/C38H43BN6O8.C2H6/c1-6-24-25-12-23(8-10-30(25)43-33-27(24)15-44-31(33)13-26-28(35(44)48)18-52-36(49)34(26)47)51-17-21-7-9-29-22(11-21)14-42-45(39(29)50)16-32(46)41-19-38(4,5)53-20-37(2,3)40;1-2/h7-14,34,47,50H,6,15-20,40H2,1-5H3,(H,41,46);1-2H3. The minimum absolute atomic E-state index is 0.135. The molecular formula is C40H49BN6O8. The number of benzene rings is 2. The van der Waals surface area contributed by atoms with Crippen molar-refractivity contribution in [3.05, 3.63) is 86.2 Å². The van der Waals surface area contributed by atoms with Gasteiger partial charge >= 0.3 is 13.0 Å². The zero-order chi connectivity index (χ0) is 39.8. The van der Waals surface area contributed by atoms with Gasteiger partial charge in [-0.25, -0.2) is 9.78 Å². The van der Waals surface area contributed by atoms with Crippen LogP contribution in [-0.2, 0) is 45.2 Å². The minimum atomic E-state index is -1.51. The average Bonchev–Trinajstić information content (AvgIpc) is 3.53. The first-order chi connectivity index (χ1) is 26.1. The van der Waals surface area contributed by atoms with E-state index in [0.29, 0.717) is 42.2 Å². The Morgan fingerprint density at radius 2 is 1.87 bits per heavy atom. The first-order valence-electron chi connectivity index (χ1n) is 18.6. The molecule has 0 bridgehead atoms. The number of carbonyl (C=O) groups is 2. The third-order valence-electron chi connectivity index (χ3n) is 9.71. The summed E-state index contributed by atoms with van der Waals surface area (Å²) in [6, 6.07) is 12.9. The third kappa shape index (κ3) is 8.15. The Labute approximate surface area is 320 Å². The van der Waals surface area contributed by atoms with Gasteiger partial charge in [-0.1, -0.05) is 32.9 Å². The van der Waals surface area contributed by atoms with E-state index in [-0.39, 0.29) is 48.9 Å². The van der Waals surface area contributed by atoms with Crippen molar-refractivity contribution < 1.29 is 33.9 Å². The molecule has 14 nitrogen and oxygen atoms in total. The van der Waals surface area contributed by atoms with E-state index in [0.717, 1.165) is 33.2 Å². The zero-order valence-electron chi connectivity index (χ0n) is 32.4. The number of aryl methyl sites for hydroxylation is 1. The molecule has 2 aromatic heterocycles. The molecule has 3 aliphatic heterocycles. The number of pyridine rings is 2. The molecule has 1 atom stereocenters. The van der Waals surface area contributed by atoms with Crippen molar-refractivity contribution in [2.75, 3.05) is 19.7 Å². The largest absolute Gasteiger partial charge is 0.489 e. The fourth-order valence-electron chi connectivity index (χ4n) is 6.84. The van der Waals surface area contributed by atoms with E-state index >= 15 is 0 Å². The summed E-state index contributed by atoms with van der Waals surface area (Å²) in [4.78, 5) is 44.4. The van der Waals surface area contributed by atoms with Gasteiger partial charge in [0.05, 0.1) is 47.4 Å². The number of hydrazone groups is 1. The number of rotatable bonds is 11. The Morgan fingerprint density at radius 1 is 1.11 bits per heavy atom. The highest BCUT2D eigenvalue weighted by Gasteiger charge is 2.35. The lowest BCUT2D eigenvalue weighted by molar-refractivity contribution is -0.157. The van der Waals surface area contributed by atoms with Crippen molar-refractivity contribution >= 4 is 41.5 Å². The van der Waals surface area contributed by atoms with Gasteiger partial charge in [-0.3, -0.25) is 14.5 Å². The molecule has 5 heterocycles. The molecule has 3 aliphatic rings. The van der Waals surface area contributed by atoms with Gasteiger partial charge in [-0.05, 0) is 86.6 Å². The summed E-state index contributed by atoms with van der Waals surface area (Å²) in [7, 11) is -1.10. The maximum atomic E-state index is 13.4. The Balaban J connectivity index is 0.00000253. The molecule has 7 rings (SSSR count). The zero-order valence-corrected chi connectivity index (χ0v) is 32.4. The SMILES string of the molecule is CC.CCc1c2c(nc3ccc(OCc4ccc5c(c4)C=NN(CC(=O)NCC(C)(C)OCC(C)(C)N)B5O)cc13)-c1cc3c(c(=O)n1C2)COC(=O)C3O. The molecule has 0 aliphatic carbocycles. The number of nitrogens with one attached hydrogen (secondary N) is 1. The molecule has 4 aromatic rings. The third-order valence-corrected chi connectivity index (χ3v) is 9.71. The van der Waals surface area contributed by atoms with Gasteiger partial charge < -0.3 is 40.0 Å². The van der Waals surface area contributed by atoms with Crippen molar-refractivity contribution in [2.24, 2.45) is 10.8 Å². The van der Waals surface area contributed by atoms with Crippen molar-refractivity contribution in [3.8, 4) is 17.1 Å². The Hall–Kier alpha value is -5.09. The number of nitrogens with two attached hydrogens (primary N) is 1. The summed E-state index contributed by atoms with van der Waals surface area (Å²) in [6.45, 7) is 14.4. The molecule has 55 heavy (non-hydrogen) atoms. The molecular weight excluding hydrogens is 703 g/mol. The van der Waals surface area contributed by atoms with Crippen LogP contribution in [0.4, 0.5) is 0 Å². The lowest BCUT2D eigenvalue weighted by Crippen LogP contribution is -2.54. The molecule has 2 aromatic carbocycles. The van der Waals surface area contributed by atoms with Crippen LogP contribution in [0.5, 0.6) is 5.75 Å². The Kier molecular flexibility index (Phi) is 11.2. The van der Waals surface area contributed by atoms with Crippen LogP contribution in [0.2, 0.25) is 0 Å². The van der Waals surface area contributed by atoms with Gasteiger partial charge in [0, 0.05) is 28.6 Å². The molecule has 1 amide bonds. The monoisotopic (exact) mass is 752 g/mol. The molecule has 290 valence electrons. The lowest BCUT2D eigenvalue weighted by atomic mass is 9.69. The van der Waals surface area contributed by atoms with Crippen LogP contribution in [0.15, 0.2) is 52.4 Å². The maximum Gasteiger partial charge on any atom is 0.467 e. The maximum absolute atomic E-state index is 13.4. The minimum Gasteiger partial charge on any atom is -0.489 e. The predicted molar refractivity (Wildman–Crippen MR) is 210 cm³/mol. The number of hydrogen-bond donors (Lipinski definition) is 4. The summed E-state index contributed by atoms with van der Waals surface area (Å²) < 4.78 is 18.7. The summed E-state index contributed by atoms with van der Waals surface area (Å²) in [6.07, 6.45) is 0.797. The fraction of sp³-hybridized carbons (Fsp3) is 0.425. The second-order valence-electron chi connectivity index (χ2n) is 15.1. The van der Waals surface area contributed by atoms with Crippen molar-refractivity contribution in [1.82, 2.24) is 19.8 Å². The van der Waals surface area contributed by atoms with Crippen LogP contribution in [0.25, 0.3) is 22.3 Å². The number of aromatic nitrogens is 2. The molecule has 15 heteroatoms. The van der Waals surface area contributed by atoms with Crippen molar-refractivity contribution in [2.45, 2.75) is 91.9 Å². The molecule has 0 spiro atoms. The number of cyclic esters (lactones) is 1. The number of fused-ring (bicyclic) bond motifs is 6. The summed E-state index contributed by atoms with van der Waals surface area (Å²) in [5.74, 6) is -0.433. The normalized spacial score (nSPS) is 15.7. The Bertz CT molecular complexity index is 2230.